The molecule has 2 rings (SSSR count). The number of hydrogen-bond donors (Lipinski definition) is 2. The summed E-state index contributed by atoms with van der Waals surface area (Å²) in [5.74, 6) is -0.0195. The van der Waals surface area contributed by atoms with E-state index in [1.165, 1.54) is 0 Å². The van der Waals surface area contributed by atoms with Crippen LogP contribution < -0.4 is 11.1 Å². The number of carbonyl (C=O) groups is 2. The van der Waals surface area contributed by atoms with Crippen LogP contribution in [0.1, 0.15) is 43.5 Å². The van der Waals surface area contributed by atoms with Gasteiger partial charge in [-0.2, -0.15) is 0 Å². The van der Waals surface area contributed by atoms with Crippen LogP contribution in [-0.4, -0.2) is 36.3 Å². The Morgan fingerprint density at radius 2 is 2.04 bits per heavy atom. The average molecular weight is 388 g/mol. The van der Waals surface area contributed by atoms with Crippen molar-refractivity contribution < 1.29 is 9.59 Å². The van der Waals surface area contributed by atoms with Gasteiger partial charge in [0.1, 0.15) is 0 Å². The lowest BCUT2D eigenvalue weighted by molar-refractivity contribution is -0.120. The second-order valence-corrected chi connectivity index (χ2v) is 7.13. The van der Waals surface area contributed by atoms with Crippen molar-refractivity contribution in [2.75, 3.05) is 18.9 Å². The molecule has 2 amide bonds. The van der Waals surface area contributed by atoms with E-state index in [0.29, 0.717) is 22.8 Å². The molecule has 1 aliphatic carbocycles. The van der Waals surface area contributed by atoms with E-state index in [9.17, 15) is 9.59 Å². The minimum atomic E-state index is -0.0992. The fraction of sp³-hybridized carbons (Fsp3) is 0.556. The molecular formula is C18H27Cl2N3O2. The summed E-state index contributed by atoms with van der Waals surface area (Å²) in [7, 11) is 1.75. The Labute approximate surface area is 160 Å². The van der Waals surface area contributed by atoms with Gasteiger partial charge < -0.3 is 16.0 Å². The van der Waals surface area contributed by atoms with Crippen molar-refractivity contribution in [2.45, 2.75) is 39.2 Å². The summed E-state index contributed by atoms with van der Waals surface area (Å²) in [6.07, 6.45) is 2.85. The Morgan fingerprint density at radius 3 is 2.64 bits per heavy atom. The van der Waals surface area contributed by atoms with Crippen LogP contribution in [0, 0.1) is 11.8 Å². The summed E-state index contributed by atoms with van der Waals surface area (Å²) in [6.45, 7) is 4.41. The topological polar surface area (TPSA) is 75.4 Å². The van der Waals surface area contributed by atoms with E-state index in [-0.39, 0.29) is 42.1 Å². The van der Waals surface area contributed by atoms with Crippen LogP contribution in [0.2, 0.25) is 5.02 Å². The van der Waals surface area contributed by atoms with Crippen molar-refractivity contribution in [3.05, 3.63) is 28.8 Å². The summed E-state index contributed by atoms with van der Waals surface area (Å²) in [5, 5.41) is 3.31. The van der Waals surface area contributed by atoms with Gasteiger partial charge in [0.05, 0.1) is 10.7 Å². The smallest absolute Gasteiger partial charge is 0.253 e. The fourth-order valence-corrected chi connectivity index (χ4v) is 3.25. The van der Waals surface area contributed by atoms with Crippen molar-refractivity contribution in [3.8, 4) is 0 Å². The predicted octanol–water partition coefficient (Wildman–Crippen LogP) is 3.56. The number of amides is 2. The van der Waals surface area contributed by atoms with Gasteiger partial charge in [-0.15, -0.1) is 12.4 Å². The molecule has 0 radical (unpaired) electrons. The summed E-state index contributed by atoms with van der Waals surface area (Å²) in [6, 6.07) is 5.06. The highest BCUT2D eigenvalue weighted by molar-refractivity contribution is 6.34. The monoisotopic (exact) mass is 387 g/mol. The molecule has 7 heteroatoms. The highest BCUT2D eigenvalue weighted by Crippen LogP contribution is 2.33. The van der Waals surface area contributed by atoms with E-state index >= 15 is 0 Å². The molecule has 25 heavy (non-hydrogen) atoms. The summed E-state index contributed by atoms with van der Waals surface area (Å²) in [4.78, 5) is 26.6. The van der Waals surface area contributed by atoms with Crippen LogP contribution in [0.3, 0.4) is 0 Å². The van der Waals surface area contributed by atoms with Gasteiger partial charge in [0, 0.05) is 24.6 Å². The van der Waals surface area contributed by atoms with Crippen molar-refractivity contribution in [1.29, 1.82) is 0 Å². The van der Waals surface area contributed by atoms with Gasteiger partial charge in [-0.3, -0.25) is 9.59 Å². The van der Waals surface area contributed by atoms with Crippen LogP contribution in [0.15, 0.2) is 18.2 Å². The lowest BCUT2D eigenvalue weighted by atomic mass is 9.95. The fourth-order valence-electron chi connectivity index (χ4n) is 3.08. The maximum Gasteiger partial charge on any atom is 0.253 e. The zero-order chi connectivity index (χ0) is 17.9. The van der Waals surface area contributed by atoms with Gasteiger partial charge in [-0.25, -0.2) is 0 Å². The van der Waals surface area contributed by atoms with Gasteiger partial charge in [0.15, 0.2) is 0 Å². The largest absolute Gasteiger partial charge is 0.339 e. The normalized spacial score (nSPS) is 19.4. The molecule has 140 valence electrons. The number of rotatable bonds is 5. The molecule has 3 N–H and O–H groups in total. The Hall–Kier alpha value is -1.30. The van der Waals surface area contributed by atoms with Gasteiger partial charge in [0.2, 0.25) is 5.91 Å². The number of anilines is 1. The first-order valence-electron chi connectivity index (χ1n) is 8.42. The Morgan fingerprint density at radius 1 is 1.36 bits per heavy atom. The number of nitrogens with zero attached hydrogens (tertiary/aromatic N) is 1. The number of benzene rings is 1. The number of halogens is 2. The number of nitrogens with two attached hydrogens (primary N) is 1. The van der Waals surface area contributed by atoms with Crippen molar-refractivity contribution in [2.24, 2.45) is 17.6 Å². The molecule has 0 aromatic heterocycles. The van der Waals surface area contributed by atoms with Gasteiger partial charge in [-0.1, -0.05) is 18.0 Å². The van der Waals surface area contributed by atoms with Crippen LogP contribution in [0.5, 0.6) is 0 Å². The maximum atomic E-state index is 12.5. The second kappa shape index (κ2) is 9.41. The summed E-state index contributed by atoms with van der Waals surface area (Å²) >= 11 is 6.20. The first kappa shape index (κ1) is 21.7. The number of nitrogens with one attached hydrogen (secondary N) is 1. The third-order valence-electron chi connectivity index (χ3n) is 4.86. The lowest BCUT2D eigenvalue weighted by Crippen LogP contribution is -2.33. The standard InChI is InChI=1S/C18H26ClN3O2.ClH/c1-11(2)22(3)18(24)12-7-8-15(19)16(9-12)21-17(23)14-6-4-5-13(14)10-20;/h7-9,11,13-14H,4-6,10,20H2,1-3H3,(H,21,23);1H/t13-,14-;/m1./s1. The second-order valence-electron chi connectivity index (χ2n) is 6.73. The quantitative estimate of drug-likeness (QED) is 0.810. The first-order chi connectivity index (χ1) is 11.3. The van der Waals surface area contributed by atoms with Crippen molar-refractivity contribution in [1.82, 2.24) is 4.90 Å². The van der Waals surface area contributed by atoms with Crippen molar-refractivity contribution in [3.63, 3.8) is 0 Å². The molecule has 0 spiro atoms. The highest BCUT2D eigenvalue weighted by Gasteiger charge is 2.32. The Kier molecular flexibility index (Phi) is 8.19. The minimum Gasteiger partial charge on any atom is -0.339 e. The zero-order valence-corrected chi connectivity index (χ0v) is 16.5. The third-order valence-corrected chi connectivity index (χ3v) is 5.19. The molecule has 0 saturated heterocycles. The van der Waals surface area contributed by atoms with Gasteiger partial charge in [0.25, 0.3) is 5.91 Å². The predicted molar refractivity (Wildman–Crippen MR) is 104 cm³/mol. The molecule has 1 aliphatic rings. The maximum absolute atomic E-state index is 12.5. The van der Waals surface area contributed by atoms with E-state index in [4.69, 9.17) is 17.3 Å². The van der Waals surface area contributed by atoms with E-state index in [1.54, 1.807) is 30.1 Å². The zero-order valence-electron chi connectivity index (χ0n) is 14.9. The van der Waals surface area contributed by atoms with E-state index in [0.717, 1.165) is 19.3 Å². The molecule has 0 aliphatic heterocycles. The third kappa shape index (κ3) is 5.09. The van der Waals surface area contributed by atoms with Crippen LogP contribution in [0.4, 0.5) is 5.69 Å². The van der Waals surface area contributed by atoms with Crippen LogP contribution in [0.25, 0.3) is 0 Å². The summed E-state index contributed by atoms with van der Waals surface area (Å²) < 4.78 is 0. The molecule has 5 nitrogen and oxygen atoms in total. The SMILES string of the molecule is CC(C)N(C)C(=O)c1ccc(Cl)c(NC(=O)[C@@H]2CCC[C@@H]2CN)c1.Cl. The molecule has 0 heterocycles. The van der Waals surface area contributed by atoms with E-state index in [2.05, 4.69) is 5.32 Å². The van der Waals surface area contributed by atoms with Gasteiger partial charge in [-0.05, 0) is 57.4 Å². The molecular weight excluding hydrogens is 361 g/mol. The Bertz CT molecular complexity index is 622. The Balaban J connectivity index is 0.00000312. The molecule has 1 aromatic carbocycles. The number of hydrogen-bond acceptors (Lipinski definition) is 3. The van der Waals surface area contributed by atoms with Gasteiger partial charge >= 0.3 is 0 Å². The van der Waals surface area contributed by atoms with Crippen LogP contribution in [-0.2, 0) is 4.79 Å². The highest BCUT2D eigenvalue weighted by atomic mass is 35.5. The summed E-state index contributed by atoms with van der Waals surface area (Å²) in [5.41, 5.74) is 6.74. The molecule has 1 fully saturated rings. The average Bonchev–Trinajstić information content (AvgIpc) is 3.04. The molecule has 0 unspecified atom stereocenters. The lowest BCUT2D eigenvalue weighted by Gasteiger charge is -2.22. The molecule has 1 saturated carbocycles. The molecule has 0 bridgehead atoms. The molecule has 1 aromatic rings. The van der Waals surface area contributed by atoms with Crippen LogP contribution >= 0.6 is 24.0 Å². The minimum absolute atomic E-state index is 0. The van der Waals surface area contributed by atoms with E-state index in [1.807, 2.05) is 13.8 Å². The first-order valence-corrected chi connectivity index (χ1v) is 8.80. The van der Waals surface area contributed by atoms with Crippen molar-refractivity contribution >= 4 is 41.5 Å². The number of carbonyl (C=O) groups excluding carboxylic acids is 2. The van der Waals surface area contributed by atoms with E-state index < -0.39 is 0 Å². The molecule has 2 atom stereocenters.